The summed E-state index contributed by atoms with van der Waals surface area (Å²) in [5.41, 5.74) is 10.2. The van der Waals surface area contributed by atoms with Gasteiger partial charge in [0.1, 0.15) is 0 Å². The molecule has 0 saturated heterocycles. The molecule has 0 aromatic heterocycles. The Morgan fingerprint density at radius 3 is 2.21 bits per heavy atom. The molecule has 4 aliphatic rings. The Balaban J connectivity index is 1.67. The fourth-order valence-electron chi connectivity index (χ4n) is 6.87. The molecule has 1 unspecified atom stereocenters. The van der Waals surface area contributed by atoms with E-state index in [0.29, 0.717) is 5.92 Å². The monoisotopic (exact) mass is 451 g/mol. The first-order valence-corrected chi connectivity index (χ1v) is 12.8. The fourth-order valence-corrected chi connectivity index (χ4v) is 6.87. The van der Waals surface area contributed by atoms with Gasteiger partial charge in [0.15, 0.2) is 0 Å². The zero-order chi connectivity index (χ0) is 24.5. The minimum absolute atomic E-state index is 0.0561. The number of nitrogens with zero attached hydrogens (tertiary/aromatic N) is 3. The average Bonchev–Trinajstić information content (AvgIpc) is 2.77. The Kier molecular flexibility index (Phi) is 5.15. The van der Waals surface area contributed by atoms with Crippen molar-refractivity contribution in [1.82, 2.24) is 0 Å². The maximum Gasteiger partial charge on any atom is 0.265 e. The molecule has 0 N–H and O–H groups in total. The van der Waals surface area contributed by atoms with E-state index < -0.39 is 0 Å². The van der Waals surface area contributed by atoms with Gasteiger partial charge in [-0.25, -0.2) is 10.1 Å². The Hall–Kier alpha value is -2.78. The Labute approximate surface area is 205 Å². The lowest BCUT2D eigenvalue weighted by molar-refractivity contribution is 0.227. The van der Waals surface area contributed by atoms with Crippen molar-refractivity contribution in [3.05, 3.63) is 69.2 Å². The molecule has 2 aliphatic carbocycles. The van der Waals surface area contributed by atoms with Gasteiger partial charge in [-0.2, -0.15) is 0 Å². The highest BCUT2D eigenvalue weighted by Crippen LogP contribution is 2.53. The highest BCUT2D eigenvalue weighted by molar-refractivity contribution is 5.77. The van der Waals surface area contributed by atoms with Crippen molar-refractivity contribution in [2.75, 3.05) is 18.0 Å². The topological polar surface area (TPSA) is 31.4 Å². The third kappa shape index (κ3) is 3.53. The van der Waals surface area contributed by atoms with Crippen molar-refractivity contribution >= 4 is 11.3 Å². The van der Waals surface area contributed by atoms with Crippen LogP contribution >= 0.6 is 0 Å². The molecule has 0 bridgehead atoms. The van der Waals surface area contributed by atoms with Gasteiger partial charge in [-0.05, 0) is 99.8 Å². The number of anilines is 1. The number of nitriles is 1. The van der Waals surface area contributed by atoms with Gasteiger partial charge in [0, 0.05) is 18.8 Å². The average molecular weight is 452 g/mol. The summed E-state index contributed by atoms with van der Waals surface area (Å²) in [4.78, 5) is 6.16. The number of hydrogen-bond acceptors (Lipinski definition) is 2. The van der Waals surface area contributed by atoms with Crippen LogP contribution in [0.15, 0.2) is 41.1 Å². The molecule has 0 saturated carbocycles. The molecule has 1 atom stereocenters. The van der Waals surface area contributed by atoms with E-state index in [-0.39, 0.29) is 21.9 Å². The predicted molar refractivity (Wildman–Crippen MR) is 140 cm³/mol. The van der Waals surface area contributed by atoms with Crippen LogP contribution in [0.2, 0.25) is 0 Å². The fraction of sp³-hybridized carbons (Fsp3) is 0.548. The molecule has 2 heterocycles. The lowest BCUT2D eigenvalue weighted by Crippen LogP contribution is -2.44. The van der Waals surface area contributed by atoms with Gasteiger partial charge in [0.05, 0.1) is 12.6 Å². The minimum atomic E-state index is 0.0561. The summed E-state index contributed by atoms with van der Waals surface area (Å²) >= 11 is 0. The van der Waals surface area contributed by atoms with Crippen LogP contribution in [0.4, 0.5) is 5.69 Å². The van der Waals surface area contributed by atoms with Crippen molar-refractivity contribution < 1.29 is 0 Å². The number of hydrogen-bond donors (Lipinski definition) is 0. The third-order valence-electron chi connectivity index (χ3n) is 9.17. The SMILES string of the molecule is [C-]#[N+]/C(C#N)=C1\C=C2C=C(c3cc4c5c(c3)C(C)(C)CCN5CCC4(C)C)CCC2C(C)(C)C1. The molecule has 1 aromatic carbocycles. The second kappa shape index (κ2) is 7.61. The van der Waals surface area contributed by atoms with Crippen LogP contribution in [0, 0.1) is 29.2 Å². The van der Waals surface area contributed by atoms with E-state index >= 15 is 0 Å². The molecule has 0 radical (unpaired) electrons. The second-order valence-corrected chi connectivity index (χ2v) is 12.8. The van der Waals surface area contributed by atoms with Gasteiger partial charge >= 0.3 is 0 Å². The van der Waals surface area contributed by atoms with Crippen LogP contribution in [-0.4, -0.2) is 13.1 Å². The normalized spacial score (nSPS) is 27.3. The maximum absolute atomic E-state index is 9.50. The molecule has 0 fully saturated rings. The van der Waals surface area contributed by atoms with Gasteiger partial charge in [-0.3, -0.25) is 0 Å². The first kappa shape index (κ1) is 23.0. The zero-order valence-electron chi connectivity index (χ0n) is 21.7. The number of benzene rings is 1. The van der Waals surface area contributed by atoms with Crippen molar-refractivity contribution in [3.8, 4) is 6.07 Å². The van der Waals surface area contributed by atoms with Crippen molar-refractivity contribution in [3.63, 3.8) is 0 Å². The van der Waals surface area contributed by atoms with Crippen molar-refractivity contribution in [2.24, 2.45) is 11.3 Å². The predicted octanol–water partition coefficient (Wildman–Crippen LogP) is 7.70. The van der Waals surface area contributed by atoms with Crippen molar-refractivity contribution in [2.45, 2.75) is 84.5 Å². The Morgan fingerprint density at radius 2 is 1.65 bits per heavy atom. The quantitative estimate of drug-likeness (QED) is 0.323. The van der Waals surface area contributed by atoms with Gasteiger partial charge in [-0.1, -0.05) is 53.7 Å². The van der Waals surface area contributed by atoms with E-state index in [1.165, 1.54) is 46.4 Å². The standard InChI is InChI=1S/C31H37N3/c1-29(2)10-12-34-13-11-30(3,4)26-17-21(16-25(29)28(26)34)20-8-9-24-22(14-20)15-23(18-31(24,5)6)27(19-32)33-7/h14-17,24H,8-13,18H2,1-6H3/b27-23+. The number of rotatable bonds is 1. The highest BCUT2D eigenvalue weighted by Gasteiger charge is 2.41. The summed E-state index contributed by atoms with van der Waals surface area (Å²) < 4.78 is 0. The third-order valence-corrected chi connectivity index (χ3v) is 9.17. The second-order valence-electron chi connectivity index (χ2n) is 12.8. The largest absolute Gasteiger partial charge is 0.371 e. The Morgan fingerprint density at radius 1 is 1.03 bits per heavy atom. The van der Waals surface area contributed by atoms with Gasteiger partial charge in [-0.15, -0.1) is 0 Å². The Bertz CT molecular complexity index is 1180. The summed E-state index contributed by atoms with van der Waals surface area (Å²) in [6, 6.07) is 7.11. The van der Waals surface area contributed by atoms with Crippen LogP contribution in [0.5, 0.6) is 0 Å². The molecule has 2 aliphatic heterocycles. The van der Waals surface area contributed by atoms with E-state index in [9.17, 15) is 5.26 Å². The zero-order valence-corrected chi connectivity index (χ0v) is 21.7. The first-order chi connectivity index (χ1) is 16.0. The summed E-state index contributed by atoms with van der Waals surface area (Å²) in [6.45, 7) is 24.0. The molecule has 5 rings (SSSR count). The van der Waals surface area contributed by atoms with Crippen LogP contribution in [0.25, 0.3) is 10.4 Å². The van der Waals surface area contributed by atoms with E-state index in [1.54, 1.807) is 0 Å². The van der Waals surface area contributed by atoms with Crippen LogP contribution in [0.1, 0.15) is 90.3 Å². The van der Waals surface area contributed by atoms with Crippen molar-refractivity contribution in [1.29, 1.82) is 5.26 Å². The van der Waals surface area contributed by atoms with Crippen LogP contribution in [-0.2, 0) is 10.8 Å². The van der Waals surface area contributed by atoms with Crippen LogP contribution < -0.4 is 4.90 Å². The van der Waals surface area contributed by atoms with Gasteiger partial charge in [0.25, 0.3) is 5.70 Å². The summed E-state index contributed by atoms with van der Waals surface area (Å²) in [5, 5.41) is 9.50. The number of allylic oxidation sites excluding steroid dienone is 6. The molecular weight excluding hydrogens is 414 g/mol. The lowest BCUT2D eigenvalue weighted by atomic mass is 9.62. The smallest absolute Gasteiger partial charge is 0.265 e. The van der Waals surface area contributed by atoms with E-state index in [2.05, 4.69) is 81.6 Å². The molecule has 3 nitrogen and oxygen atoms in total. The molecule has 0 spiro atoms. The molecule has 176 valence electrons. The van der Waals surface area contributed by atoms with E-state index in [1.807, 2.05) is 0 Å². The number of fused-ring (bicyclic) bond motifs is 1. The summed E-state index contributed by atoms with van der Waals surface area (Å²) in [5.74, 6) is 0.477. The van der Waals surface area contributed by atoms with Gasteiger partial charge < -0.3 is 4.90 Å². The summed E-state index contributed by atoms with van der Waals surface area (Å²) in [6.07, 6.45) is 9.97. The van der Waals surface area contributed by atoms with Crippen LogP contribution in [0.3, 0.4) is 0 Å². The van der Waals surface area contributed by atoms with E-state index in [4.69, 9.17) is 6.57 Å². The van der Waals surface area contributed by atoms with Gasteiger partial charge in [0.2, 0.25) is 0 Å². The molecule has 3 heteroatoms. The molecular formula is C31H37N3. The molecule has 0 amide bonds. The lowest BCUT2D eigenvalue weighted by Gasteiger charge is -2.48. The minimum Gasteiger partial charge on any atom is -0.371 e. The first-order valence-electron chi connectivity index (χ1n) is 12.8. The molecule has 34 heavy (non-hydrogen) atoms. The maximum atomic E-state index is 9.50. The van der Waals surface area contributed by atoms with E-state index in [0.717, 1.165) is 37.9 Å². The highest BCUT2D eigenvalue weighted by atomic mass is 15.2. The summed E-state index contributed by atoms with van der Waals surface area (Å²) in [7, 11) is 0. The molecule has 1 aromatic rings.